The number of ether oxygens (including phenoxy) is 1. The van der Waals surface area contributed by atoms with Gasteiger partial charge >= 0.3 is 5.97 Å². The van der Waals surface area contributed by atoms with Gasteiger partial charge in [0, 0.05) is 18.5 Å². The van der Waals surface area contributed by atoms with Gasteiger partial charge in [-0.15, -0.1) is 0 Å². The van der Waals surface area contributed by atoms with Crippen molar-refractivity contribution in [3.8, 4) is 0 Å². The smallest absolute Gasteiger partial charge is 0.328 e. The Kier molecular flexibility index (Phi) is 5.16. The van der Waals surface area contributed by atoms with Crippen LogP contribution in [0.3, 0.4) is 0 Å². The molecule has 2 aromatic rings. The van der Waals surface area contributed by atoms with Gasteiger partial charge in [-0.1, -0.05) is 35.5 Å². The van der Waals surface area contributed by atoms with E-state index in [2.05, 4.69) is 5.16 Å². The van der Waals surface area contributed by atoms with E-state index in [0.717, 1.165) is 42.6 Å². The predicted octanol–water partition coefficient (Wildman–Crippen LogP) is 2.76. The molecule has 0 spiro atoms. The SMILES string of the molecule is COC(=O)C(C)N(Cc1ccccc1)C(=O)c1noc2c1CCCC2. The van der Waals surface area contributed by atoms with Gasteiger partial charge in [0.05, 0.1) is 7.11 Å². The fraction of sp³-hybridized carbons (Fsp3) is 0.421. The topological polar surface area (TPSA) is 72.6 Å². The number of fused-ring (bicyclic) bond motifs is 1. The second-order valence-electron chi connectivity index (χ2n) is 6.26. The third-order valence-electron chi connectivity index (χ3n) is 4.62. The third kappa shape index (κ3) is 3.57. The molecule has 1 aliphatic carbocycles. The van der Waals surface area contributed by atoms with E-state index in [0.29, 0.717) is 12.2 Å². The number of carbonyl (C=O) groups is 2. The van der Waals surface area contributed by atoms with Gasteiger partial charge in [-0.3, -0.25) is 4.79 Å². The Bertz CT molecular complexity index is 754. The second kappa shape index (κ2) is 7.51. The van der Waals surface area contributed by atoms with Crippen molar-refractivity contribution in [2.45, 2.75) is 45.2 Å². The number of methoxy groups -OCH3 is 1. The molecule has 6 nitrogen and oxygen atoms in total. The lowest BCUT2D eigenvalue weighted by molar-refractivity contribution is -0.145. The average Bonchev–Trinajstić information content (AvgIpc) is 3.09. The molecule has 0 saturated carbocycles. The molecule has 132 valence electrons. The Morgan fingerprint density at radius 1 is 1.24 bits per heavy atom. The molecule has 0 N–H and O–H groups in total. The van der Waals surface area contributed by atoms with E-state index in [1.807, 2.05) is 30.3 Å². The molecule has 0 fully saturated rings. The van der Waals surface area contributed by atoms with E-state index in [1.165, 1.54) is 12.0 Å². The van der Waals surface area contributed by atoms with E-state index in [-0.39, 0.29) is 5.91 Å². The molecule has 1 aliphatic rings. The summed E-state index contributed by atoms with van der Waals surface area (Å²) >= 11 is 0. The van der Waals surface area contributed by atoms with E-state index < -0.39 is 12.0 Å². The van der Waals surface area contributed by atoms with Crippen LogP contribution < -0.4 is 0 Å². The van der Waals surface area contributed by atoms with Crippen LogP contribution in [0.5, 0.6) is 0 Å². The number of amides is 1. The highest BCUT2D eigenvalue weighted by molar-refractivity contribution is 5.96. The first-order chi connectivity index (χ1) is 12.1. The maximum atomic E-state index is 13.1. The molecule has 1 aromatic heterocycles. The summed E-state index contributed by atoms with van der Waals surface area (Å²) in [5, 5.41) is 4.01. The van der Waals surface area contributed by atoms with Crippen LogP contribution in [0.4, 0.5) is 0 Å². The van der Waals surface area contributed by atoms with Crippen molar-refractivity contribution >= 4 is 11.9 Å². The Labute approximate surface area is 146 Å². The van der Waals surface area contributed by atoms with E-state index in [1.54, 1.807) is 6.92 Å². The molecule has 0 radical (unpaired) electrons. The van der Waals surface area contributed by atoms with Crippen molar-refractivity contribution in [3.05, 3.63) is 52.9 Å². The number of benzene rings is 1. The zero-order valence-electron chi connectivity index (χ0n) is 14.5. The Hall–Kier alpha value is -2.63. The van der Waals surface area contributed by atoms with Crippen molar-refractivity contribution in [1.29, 1.82) is 0 Å². The van der Waals surface area contributed by atoms with Crippen LogP contribution in [-0.2, 0) is 28.9 Å². The van der Waals surface area contributed by atoms with Crippen LogP contribution in [0, 0.1) is 0 Å². The number of hydrogen-bond donors (Lipinski definition) is 0. The number of rotatable bonds is 5. The number of carbonyl (C=O) groups excluding carboxylic acids is 2. The molecule has 1 heterocycles. The summed E-state index contributed by atoms with van der Waals surface area (Å²) in [6.45, 7) is 1.97. The molecule has 0 aliphatic heterocycles. The Morgan fingerprint density at radius 2 is 1.96 bits per heavy atom. The van der Waals surface area contributed by atoms with Crippen LogP contribution in [0.15, 0.2) is 34.9 Å². The van der Waals surface area contributed by atoms with Crippen molar-refractivity contribution in [1.82, 2.24) is 10.1 Å². The lowest BCUT2D eigenvalue weighted by Gasteiger charge is -2.27. The highest BCUT2D eigenvalue weighted by atomic mass is 16.5. The van der Waals surface area contributed by atoms with E-state index in [4.69, 9.17) is 9.26 Å². The fourth-order valence-corrected chi connectivity index (χ4v) is 3.15. The fourth-order valence-electron chi connectivity index (χ4n) is 3.15. The summed E-state index contributed by atoms with van der Waals surface area (Å²) < 4.78 is 10.2. The number of nitrogens with zero attached hydrogens (tertiary/aromatic N) is 2. The lowest BCUT2D eigenvalue weighted by atomic mass is 9.96. The molecule has 25 heavy (non-hydrogen) atoms. The van der Waals surface area contributed by atoms with Gasteiger partial charge in [-0.05, 0) is 31.7 Å². The third-order valence-corrected chi connectivity index (χ3v) is 4.62. The van der Waals surface area contributed by atoms with Gasteiger partial charge in [-0.25, -0.2) is 4.79 Å². The van der Waals surface area contributed by atoms with Crippen LogP contribution >= 0.6 is 0 Å². The minimum absolute atomic E-state index is 0.298. The van der Waals surface area contributed by atoms with Gasteiger partial charge in [0.2, 0.25) is 0 Å². The lowest BCUT2D eigenvalue weighted by Crippen LogP contribution is -2.43. The van der Waals surface area contributed by atoms with Gasteiger partial charge in [0.1, 0.15) is 11.8 Å². The molecular weight excluding hydrogens is 320 g/mol. The summed E-state index contributed by atoms with van der Waals surface area (Å²) in [7, 11) is 1.32. The first-order valence-corrected chi connectivity index (χ1v) is 8.52. The molecule has 0 bridgehead atoms. The van der Waals surface area contributed by atoms with Crippen molar-refractivity contribution in [2.75, 3.05) is 7.11 Å². The largest absolute Gasteiger partial charge is 0.467 e. The van der Waals surface area contributed by atoms with Crippen LogP contribution in [0.25, 0.3) is 0 Å². The summed E-state index contributed by atoms with van der Waals surface area (Å²) in [6, 6.07) is 8.84. The molecule has 1 amide bonds. The zero-order chi connectivity index (χ0) is 17.8. The maximum absolute atomic E-state index is 13.1. The molecule has 0 saturated heterocycles. The highest BCUT2D eigenvalue weighted by Gasteiger charge is 2.32. The minimum Gasteiger partial charge on any atom is -0.467 e. The quantitative estimate of drug-likeness (QED) is 0.781. The van der Waals surface area contributed by atoms with Gasteiger partial charge in [0.25, 0.3) is 5.91 Å². The molecule has 1 atom stereocenters. The van der Waals surface area contributed by atoms with Crippen LogP contribution in [-0.4, -0.2) is 35.1 Å². The Morgan fingerprint density at radius 3 is 2.68 bits per heavy atom. The van der Waals surface area contributed by atoms with Crippen LogP contribution in [0.2, 0.25) is 0 Å². The molecule has 1 unspecified atom stereocenters. The van der Waals surface area contributed by atoms with E-state index in [9.17, 15) is 9.59 Å². The number of hydrogen-bond acceptors (Lipinski definition) is 5. The maximum Gasteiger partial charge on any atom is 0.328 e. The van der Waals surface area contributed by atoms with Crippen molar-refractivity contribution in [2.24, 2.45) is 0 Å². The normalized spacial score (nSPS) is 14.5. The summed E-state index contributed by atoms with van der Waals surface area (Å²) in [6.07, 6.45) is 3.65. The zero-order valence-corrected chi connectivity index (χ0v) is 14.5. The second-order valence-corrected chi connectivity index (χ2v) is 6.26. The first kappa shape index (κ1) is 17.2. The van der Waals surface area contributed by atoms with E-state index >= 15 is 0 Å². The summed E-state index contributed by atoms with van der Waals surface area (Å²) in [5.41, 5.74) is 2.14. The summed E-state index contributed by atoms with van der Waals surface area (Å²) in [5.74, 6) is 0.0373. The van der Waals surface area contributed by atoms with Crippen molar-refractivity contribution in [3.63, 3.8) is 0 Å². The van der Waals surface area contributed by atoms with Gasteiger partial charge < -0.3 is 14.2 Å². The first-order valence-electron chi connectivity index (χ1n) is 8.52. The standard InChI is InChI=1S/C19H22N2O4/c1-13(19(23)24-2)21(12-14-8-4-3-5-9-14)18(22)17-15-10-6-7-11-16(15)25-20-17/h3-5,8-9,13H,6-7,10-12H2,1-2H3. The Balaban J connectivity index is 1.91. The average molecular weight is 342 g/mol. The molecule has 3 rings (SSSR count). The minimum atomic E-state index is -0.714. The number of aromatic nitrogens is 1. The van der Waals surface area contributed by atoms with Crippen molar-refractivity contribution < 1.29 is 18.8 Å². The highest BCUT2D eigenvalue weighted by Crippen LogP contribution is 2.26. The van der Waals surface area contributed by atoms with Gasteiger partial charge in [0.15, 0.2) is 5.69 Å². The molecule has 6 heteroatoms. The molecular formula is C19H22N2O4. The van der Waals surface area contributed by atoms with Gasteiger partial charge in [-0.2, -0.15) is 0 Å². The number of aryl methyl sites for hydroxylation is 1. The molecule has 1 aromatic carbocycles. The van der Waals surface area contributed by atoms with Crippen LogP contribution in [0.1, 0.15) is 47.1 Å². The summed E-state index contributed by atoms with van der Waals surface area (Å²) in [4.78, 5) is 26.7. The predicted molar refractivity (Wildman–Crippen MR) is 90.9 cm³/mol. The number of esters is 1. The monoisotopic (exact) mass is 342 g/mol.